The Morgan fingerprint density at radius 3 is 2.23 bits per heavy atom. The smallest absolute Gasteiger partial charge is 0.342 e. The van der Waals surface area contributed by atoms with Crippen LogP contribution in [0, 0.1) is 0 Å². The molecule has 108 valence electrons. The fourth-order valence-corrected chi connectivity index (χ4v) is 2.27. The number of allylic oxidation sites excluding steroid dienone is 1. The van der Waals surface area contributed by atoms with E-state index in [9.17, 15) is 14.4 Å². The number of carbonyl (C=O) groups is 3. The van der Waals surface area contributed by atoms with Gasteiger partial charge in [0.1, 0.15) is 12.2 Å². The second-order valence-electron chi connectivity index (χ2n) is 4.86. The van der Waals surface area contributed by atoms with E-state index in [0.717, 1.165) is 11.6 Å². The zero-order valence-corrected chi connectivity index (χ0v) is 11.6. The van der Waals surface area contributed by atoms with E-state index < -0.39 is 11.8 Å². The van der Waals surface area contributed by atoms with Gasteiger partial charge in [0.2, 0.25) is 5.78 Å². The standard InChI is InChI=1S/C18H12O4/c19-16-10-15(17(20)14-9-5-4-8-13(14)16)18(21)22-11-12-6-2-1-3-7-12/h1-10H,11H2. The van der Waals surface area contributed by atoms with Gasteiger partial charge in [0, 0.05) is 17.2 Å². The monoisotopic (exact) mass is 292 g/mol. The maximum Gasteiger partial charge on any atom is 0.342 e. The Morgan fingerprint density at radius 2 is 1.50 bits per heavy atom. The highest BCUT2D eigenvalue weighted by atomic mass is 16.5. The van der Waals surface area contributed by atoms with Crippen LogP contribution in [-0.4, -0.2) is 17.5 Å². The molecule has 0 atom stereocenters. The van der Waals surface area contributed by atoms with Crippen molar-refractivity contribution in [3.8, 4) is 0 Å². The molecule has 0 heterocycles. The molecular weight excluding hydrogens is 280 g/mol. The topological polar surface area (TPSA) is 60.4 Å². The molecule has 0 saturated carbocycles. The van der Waals surface area contributed by atoms with E-state index in [2.05, 4.69) is 0 Å². The summed E-state index contributed by atoms with van der Waals surface area (Å²) in [5.41, 5.74) is 1.14. The van der Waals surface area contributed by atoms with Crippen molar-refractivity contribution in [2.45, 2.75) is 6.61 Å². The van der Waals surface area contributed by atoms with Gasteiger partial charge in [-0.2, -0.15) is 0 Å². The highest BCUT2D eigenvalue weighted by molar-refractivity contribution is 6.33. The zero-order chi connectivity index (χ0) is 15.5. The maximum absolute atomic E-state index is 12.3. The molecule has 0 spiro atoms. The summed E-state index contributed by atoms with van der Waals surface area (Å²) < 4.78 is 5.12. The number of rotatable bonds is 3. The molecule has 2 aromatic carbocycles. The van der Waals surface area contributed by atoms with Crippen molar-refractivity contribution < 1.29 is 19.1 Å². The largest absolute Gasteiger partial charge is 0.457 e. The first-order valence-corrected chi connectivity index (χ1v) is 6.77. The molecule has 0 bridgehead atoms. The highest BCUT2D eigenvalue weighted by Crippen LogP contribution is 2.22. The molecule has 0 radical (unpaired) electrons. The Morgan fingerprint density at radius 1 is 0.864 bits per heavy atom. The second kappa shape index (κ2) is 5.77. The molecule has 1 aliphatic rings. The van der Waals surface area contributed by atoms with Crippen molar-refractivity contribution in [2.24, 2.45) is 0 Å². The summed E-state index contributed by atoms with van der Waals surface area (Å²) in [6.07, 6.45) is 1.05. The van der Waals surface area contributed by atoms with Crippen molar-refractivity contribution in [3.05, 3.63) is 82.9 Å². The van der Waals surface area contributed by atoms with Crippen LogP contribution in [0.4, 0.5) is 0 Å². The quantitative estimate of drug-likeness (QED) is 0.644. The minimum absolute atomic E-state index is 0.0557. The summed E-state index contributed by atoms with van der Waals surface area (Å²) in [6, 6.07) is 15.6. The summed E-state index contributed by atoms with van der Waals surface area (Å²) in [4.78, 5) is 36.4. The third kappa shape index (κ3) is 2.59. The van der Waals surface area contributed by atoms with Crippen LogP contribution < -0.4 is 0 Å². The number of hydrogen-bond donors (Lipinski definition) is 0. The van der Waals surface area contributed by atoms with Gasteiger partial charge in [0.05, 0.1) is 0 Å². The summed E-state index contributed by atoms with van der Waals surface area (Å²) in [5.74, 6) is -1.62. The van der Waals surface area contributed by atoms with Crippen LogP contribution in [-0.2, 0) is 16.1 Å². The van der Waals surface area contributed by atoms with E-state index >= 15 is 0 Å². The van der Waals surface area contributed by atoms with Gasteiger partial charge in [-0.15, -0.1) is 0 Å². The molecule has 0 N–H and O–H groups in total. The second-order valence-corrected chi connectivity index (χ2v) is 4.86. The third-order valence-corrected chi connectivity index (χ3v) is 3.39. The van der Waals surface area contributed by atoms with Gasteiger partial charge in [-0.1, -0.05) is 54.6 Å². The van der Waals surface area contributed by atoms with Gasteiger partial charge < -0.3 is 4.74 Å². The number of carbonyl (C=O) groups excluding carboxylic acids is 3. The summed E-state index contributed by atoms with van der Waals surface area (Å²) in [6.45, 7) is 0.0557. The maximum atomic E-state index is 12.3. The van der Waals surface area contributed by atoms with Gasteiger partial charge in [0.25, 0.3) is 0 Å². The number of hydrogen-bond acceptors (Lipinski definition) is 4. The fourth-order valence-electron chi connectivity index (χ4n) is 2.27. The Balaban J connectivity index is 1.79. The van der Waals surface area contributed by atoms with Crippen molar-refractivity contribution >= 4 is 17.5 Å². The van der Waals surface area contributed by atoms with Crippen LogP contribution in [0.2, 0.25) is 0 Å². The first-order valence-electron chi connectivity index (χ1n) is 6.77. The lowest BCUT2D eigenvalue weighted by Crippen LogP contribution is -2.23. The van der Waals surface area contributed by atoms with Gasteiger partial charge >= 0.3 is 5.97 Å². The van der Waals surface area contributed by atoms with Gasteiger partial charge in [-0.3, -0.25) is 9.59 Å². The van der Waals surface area contributed by atoms with Gasteiger partial charge in [-0.05, 0) is 5.56 Å². The lowest BCUT2D eigenvalue weighted by atomic mass is 9.89. The zero-order valence-electron chi connectivity index (χ0n) is 11.6. The van der Waals surface area contributed by atoms with E-state index in [1.54, 1.807) is 18.2 Å². The van der Waals surface area contributed by atoms with Crippen LogP contribution >= 0.6 is 0 Å². The Labute approximate surface area is 127 Å². The molecule has 0 saturated heterocycles. The molecule has 0 aromatic heterocycles. The first kappa shape index (κ1) is 13.9. The van der Waals surface area contributed by atoms with E-state index in [1.807, 2.05) is 30.3 Å². The molecule has 0 unspecified atom stereocenters. The summed E-state index contributed by atoms with van der Waals surface area (Å²) >= 11 is 0. The van der Waals surface area contributed by atoms with Crippen LogP contribution in [0.5, 0.6) is 0 Å². The molecule has 4 nitrogen and oxygen atoms in total. The number of esters is 1. The molecule has 3 rings (SSSR count). The van der Waals surface area contributed by atoms with Crippen LogP contribution in [0.3, 0.4) is 0 Å². The normalized spacial score (nSPS) is 13.4. The minimum atomic E-state index is -0.781. The first-order chi connectivity index (χ1) is 10.7. The molecule has 4 heteroatoms. The molecule has 0 amide bonds. The Bertz CT molecular complexity index is 788. The summed E-state index contributed by atoms with van der Waals surface area (Å²) in [7, 11) is 0. The van der Waals surface area contributed by atoms with Crippen molar-refractivity contribution in [2.75, 3.05) is 0 Å². The highest BCUT2D eigenvalue weighted by Gasteiger charge is 2.30. The SMILES string of the molecule is O=C(OCc1ccccc1)C1=CC(=O)c2ccccc2C1=O. The third-order valence-electron chi connectivity index (χ3n) is 3.39. The Kier molecular flexibility index (Phi) is 3.66. The van der Waals surface area contributed by atoms with E-state index in [4.69, 9.17) is 4.74 Å². The average Bonchev–Trinajstić information content (AvgIpc) is 2.57. The Hall–Kier alpha value is -3.01. The minimum Gasteiger partial charge on any atom is -0.457 e. The van der Waals surface area contributed by atoms with Gasteiger partial charge in [-0.25, -0.2) is 4.79 Å². The van der Waals surface area contributed by atoms with E-state index in [0.29, 0.717) is 5.56 Å². The predicted molar refractivity (Wildman–Crippen MR) is 79.4 cm³/mol. The van der Waals surface area contributed by atoms with Crippen LogP contribution in [0.1, 0.15) is 26.3 Å². The number of Topliss-reactive ketones (excluding diaryl/α,β-unsaturated/α-hetero) is 1. The van der Waals surface area contributed by atoms with Crippen LogP contribution in [0.25, 0.3) is 0 Å². The number of ether oxygens (including phenoxy) is 1. The molecule has 0 aliphatic heterocycles. The average molecular weight is 292 g/mol. The molecule has 22 heavy (non-hydrogen) atoms. The van der Waals surface area contributed by atoms with Crippen molar-refractivity contribution in [1.29, 1.82) is 0 Å². The van der Waals surface area contributed by atoms with Crippen molar-refractivity contribution in [1.82, 2.24) is 0 Å². The molecule has 1 aliphatic carbocycles. The molecule has 2 aromatic rings. The van der Waals surface area contributed by atoms with E-state index in [1.165, 1.54) is 6.07 Å². The van der Waals surface area contributed by atoms with E-state index in [-0.39, 0.29) is 23.5 Å². The van der Waals surface area contributed by atoms with Gasteiger partial charge in [0.15, 0.2) is 5.78 Å². The molecular formula is C18H12O4. The predicted octanol–water partition coefficient (Wildman–Crippen LogP) is 2.74. The number of ketones is 2. The lowest BCUT2D eigenvalue weighted by Gasteiger charge is -2.14. The lowest BCUT2D eigenvalue weighted by molar-refractivity contribution is -0.139. The number of fused-ring (bicyclic) bond motifs is 1. The number of benzene rings is 2. The summed E-state index contributed by atoms with van der Waals surface area (Å²) in [5, 5.41) is 0. The molecule has 0 fully saturated rings. The van der Waals surface area contributed by atoms with Crippen molar-refractivity contribution in [3.63, 3.8) is 0 Å². The van der Waals surface area contributed by atoms with Crippen LogP contribution in [0.15, 0.2) is 66.2 Å². The fraction of sp³-hybridized carbons (Fsp3) is 0.0556.